The highest BCUT2D eigenvalue weighted by Gasteiger charge is 2.10. The average Bonchev–Trinajstić information content (AvgIpc) is 2.97. The molecule has 1 amide bonds. The minimum absolute atomic E-state index is 0.106. The minimum atomic E-state index is -0.106. The normalized spacial score (nSPS) is 10.6. The van der Waals surface area contributed by atoms with E-state index in [2.05, 4.69) is 10.5 Å². The summed E-state index contributed by atoms with van der Waals surface area (Å²) in [4.78, 5) is 12.3. The SMILES string of the molecule is Cc1ccccc1CNC(=O)c1ccc(OCc2c(C)noc2C)cc1. The maximum absolute atomic E-state index is 12.3. The summed E-state index contributed by atoms with van der Waals surface area (Å²) in [5.74, 6) is 1.35. The lowest BCUT2D eigenvalue weighted by atomic mass is 10.1. The third-order valence-electron chi connectivity index (χ3n) is 4.38. The van der Waals surface area contributed by atoms with E-state index in [1.54, 1.807) is 24.3 Å². The fourth-order valence-electron chi connectivity index (χ4n) is 2.65. The maximum Gasteiger partial charge on any atom is 0.251 e. The van der Waals surface area contributed by atoms with Crippen LogP contribution in [0.15, 0.2) is 53.1 Å². The van der Waals surface area contributed by atoms with Crippen LogP contribution in [0.3, 0.4) is 0 Å². The molecule has 26 heavy (non-hydrogen) atoms. The van der Waals surface area contributed by atoms with Crippen LogP contribution in [-0.4, -0.2) is 11.1 Å². The summed E-state index contributed by atoms with van der Waals surface area (Å²) < 4.78 is 10.9. The molecule has 0 saturated heterocycles. The Morgan fingerprint density at radius 3 is 2.46 bits per heavy atom. The number of aryl methyl sites for hydroxylation is 3. The van der Waals surface area contributed by atoms with Gasteiger partial charge in [-0.2, -0.15) is 0 Å². The van der Waals surface area contributed by atoms with E-state index < -0.39 is 0 Å². The number of carbonyl (C=O) groups excluding carboxylic acids is 1. The van der Waals surface area contributed by atoms with Crippen LogP contribution in [0.25, 0.3) is 0 Å². The van der Waals surface area contributed by atoms with Crippen LogP contribution in [0.1, 0.15) is 38.5 Å². The predicted molar refractivity (Wildman–Crippen MR) is 99.1 cm³/mol. The molecule has 1 heterocycles. The molecule has 3 aromatic rings. The second kappa shape index (κ2) is 7.87. The summed E-state index contributed by atoms with van der Waals surface area (Å²) >= 11 is 0. The number of carbonyl (C=O) groups is 1. The minimum Gasteiger partial charge on any atom is -0.489 e. The summed E-state index contributed by atoms with van der Waals surface area (Å²) in [6.07, 6.45) is 0. The number of aromatic nitrogens is 1. The first kappa shape index (κ1) is 17.7. The Bertz CT molecular complexity index is 878. The fourth-order valence-corrected chi connectivity index (χ4v) is 2.65. The van der Waals surface area contributed by atoms with Crippen molar-refractivity contribution >= 4 is 5.91 Å². The molecular weight excluding hydrogens is 328 g/mol. The standard InChI is InChI=1S/C21H22N2O3/c1-14-6-4-5-7-18(14)12-22-21(24)17-8-10-19(11-9-17)25-13-20-15(2)23-26-16(20)3/h4-11H,12-13H2,1-3H3,(H,22,24). The molecule has 0 aliphatic rings. The van der Waals surface area contributed by atoms with Gasteiger partial charge in [-0.1, -0.05) is 29.4 Å². The van der Waals surface area contributed by atoms with E-state index in [9.17, 15) is 4.79 Å². The molecule has 0 aliphatic heterocycles. The van der Waals surface area contributed by atoms with Gasteiger partial charge in [0.1, 0.15) is 18.1 Å². The molecule has 1 aromatic heterocycles. The van der Waals surface area contributed by atoms with E-state index in [1.807, 2.05) is 45.0 Å². The second-order valence-corrected chi connectivity index (χ2v) is 6.22. The van der Waals surface area contributed by atoms with Crippen LogP contribution in [0.4, 0.5) is 0 Å². The number of hydrogen-bond acceptors (Lipinski definition) is 4. The number of nitrogens with zero attached hydrogens (tertiary/aromatic N) is 1. The largest absolute Gasteiger partial charge is 0.489 e. The predicted octanol–water partition coefficient (Wildman–Crippen LogP) is 4.11. The molecule has 2 aromatic carbocycles. The van der Waals surface area contributed by atoms with Gasteiger partial charge in [-0.05, 0) is 56.2 Å². The fraction of sp³-hybridized carbons (Fsp3) is 0.238. The Morgan fingerprint density at radius 1 is 1.08 bits per heavy atom. The molecule has 0 spiro atoms. The van der Waals surface area contributed by atoms with E-state index in [-0.39, 0.29) is 5.91 Å². The number of benzene rings is 2. The van der Waals surface area contributed by atoms with Crippen molar-refractivity contribution in [2.75, 3.05) is 0 Å². The summed E-state index contributed by atoms with van der Waals surface area (Å²) in [6.45, 7) is 6.68. The molecule has 5 nitrogen and oxygen atoms in total. The summed E-state index contributed by atoms with van der Waals surface area (Å²) in [6, 6.07) is 15.1. The first-order chi connectivity index (χ1) is 12.5. The van der Waals surface area contributed by atoms with Gasteiger partial charge in [-0.25, -0.2) is 0 Å². The smallest absolute Gasteiger partial charge is 0.251 e. The lowest BCUT2D eigenvalue weighted by Crippen LogP contribution is -2.23. The van der Waals surface area contributed by atoms with Gasteiger partial charge in [0.2, 0.25) is 0 Å². The van der Waals surface area contributed by atoms with Gasteiger partial charge < -0.3 is 14.6 Å². The van der Waals surface area contributed by atoms with Crippen LogP contribution in [0.2, 0.25) is 0 Å². The Kier molecular flexibility index (Phi) is 5.37. The molecule has 0 fully saturated rings. The van der Waals surface area contributed by atoms with Crippen molar-refractivity contribution in [1.82, 2.24) is 10.5 Å². The third kappa shape index (κ3) is 4.11. The van der Waals surface area contributed by atoms with Gasteiger partial charge in [0.25, 0.3) is 5.91 Å². The first-order valence-electron chi connectivity index (χ1n) is 8.52. The van der Waals surface area contributed by atoms with Gasteiger partial charge in [0.05, 0.1) is 11.3 Å². The molecule has 1 N–H and O–H groups in total. The number of rotatable bonds is 6. The quantitative estimate of drug-likeness (QED) is 0.727. The Morgan fingerprint density at radius 2 is 1.81 bits per heavy atom. The monoisotopic (exact) mass is 350 g/mol. The van der Waals surface area contributed by atoms with Crippen molar-refractivity contribution in [3.05, 3.63) is 82.2 Å². The number of ether oxygens (including phenoxy) is 1. The van der Waals surface area contributed by atoms with Crippen molar-refractivity contribution < 1.29 is 14.1 Å². The highest BCUT2D eigenvalue weighted by atomic mass is 16.5. The van der Waals surface area contributed by atoms with Gasteiger partial charge >= 0.3 is 0 Å². The van der Waals surface area contributed by atoms with Crippen molar-refractivity contribution in [1.29, 1.82) is 0 Å². The highest BCUT2D eigenvalue weighted by molar-refractivity contribution is 5.94. The van der Waals surface area contributed by atoms with Crippen LogP contribution >= 0.6 is 0 Å². The average molecular weight is 350 g/mol. The molecule has 3 rings (SSSR count). The molecule has 0 bridgehead atoms. The first-order valence-corrected chi connectivity index (χ1v) is 8.52. The summed E-state index contributed by atoms with van der Waals surface area (Å²) in [5.41, 5.74) is 4.65. The Hall–Kier alpha value is -3.08. The summed E-state index contributed by atoms with van der Waals surface area (Å²) in [5, 5.41) is 6.85. The lowest BCUT2D eigenvalue weighted by molar-refractivity contribution is 0.0951. The molecule has 0 radical (unpaired) electrons. The van der Waals surface area contributed by atoms with Gasteiger partial charge in [0, 0.05) is 12.1 Å². The van der Waals surface area contributed by atoms with Gasteiger partial charge in [-0.3, -0.25) is 4.79 Å². The van der Waals surface area contributed by atoms with E-state index >= 15 is 0 Å². The van der Waals surface area contributed by atoms with Crippen LogP contribution < -0.4 is 10.1 Å². The van der Waals surface area contributed by atoms with Crippen LogP contribution in [0.5, 0.6) is 5.75 Å². The van der Waals surface area contributed by atoms with Crippen molar-refractivity contribution in [2.24, 2.45) is 0 Å². The molecule has 0 unspecified atom stereocenters. The highest BCUT2D eigenvalue weighted by Crippen LogP contribution is 2.18. The van der Waals surface area contributed by atoms with Crippen molar-refractivity contribution in [3.8, 4) is 5.75 Å². The molecule has 0 atom stereocenters. The maximum atomic E-state index is 12.3. The van der Waals surface area contributed by atoms with E-state index in [0.717, 1.165) is 28.1 Å². The Balaban J connectivity index is 1.57. The van der Waals surface area contributed by atoms with E-state index in [4.69, 9.17) is 9.26 Å². The zero-order valence-corrected chi connectivity index (χ0v) is 15.2. The topological polar surface area (TPSA) is 64.4 Å². The zero-order valence-electron chi connectivity index (χ0n) is 15.2. The zero-order chi connectivity index (χ0) is 18.5. The number of amides is 1. The summed E-state index contributed by atoms with van der Waals surface area (Å²) in [7, 11) is 0. The molecule has 0 aliphatic carbocycles. The van der Waals surface area contributed by atoms with Gasteiger partial charge in [-0.15, -0.1) is 0 Å². The molecule has 134 valence electrons. The lowest BCUT2D eigenvalue weighted by Gasteiger charge is -2.09. The third-order valence-corrected chi connectivity index (χ3v) is 4.38. The van der Waals surface area contributed by atoms with Crippen LogP contribution in [-0.2, 0) is 13.2 Å². The Labute approximate surface area is 153 Å². The van der Waals surface area contributed by atoms with Crippen LogP contribution in [0, 0.1) is 20.8 Å². The van der Waals surface area contributed by atoms with Crippen molar-refractivity contribution in [3.63, 3.8) is 0 Å². The molecule has 5 heteroatoms. The number of nitrogens with one attached hydrogen (secondary N) is 1. The van der Waals surface area contributed by atoms with Gasteiger partial charge in [0.15, 0.2) is 0 Å². The van der Waals surface area contributed by atoms with Crippen molar-refractivity contribution in [2.45, 2.75) is 33.9 Å². The molecular formula is C21H22N2O3. The number of hydrogen-bond donors (Lipinski definition) is 1. The second-order valence-electron chi connectivity index (χ2n) is 6.22. The van der Waals surface area contributed by atoms with E-state index in [0.29, 0.717) is 24.5 Å². The van der Waals surface area contributed by atoms with E-state index in [1.165, 1.54) is 0 Å². The molecule has 0 saturated carbocycles.